The van der Waals surface area contributed by atoms with Crippen molar-refractivity contribution in [2.45, 2.75) is 5.37 Å². The van der Waals surface area contributed by atoms with E-state index in [2.05, 4.69) is 15.7 Å². The first kappa shape index (κ1) is 23.8. The number of carbonyl (C=O) groups excluding carboxylic acids is 3. The zero-order valence-electron chi connectivity index (χ0n) is 17.6. The first-order valence-electron chi connectivity index (χ1n) is 10.1. The summed E-state index contributed by atoms with van der Waals surface area (Å²) in [6.07, 6.45) is 4.64. The fourth-order valence-electron chi connectivity index (χ4n) is 3.20. The molecule has 2 heterocycles. The monoisotopic (exact) mass is 512 g/mol. The molecule has 2 N–H and O–H groups in total. The van der Waals surface area contributed by atoms with E-state index in [1.807, 2.05) is 6.07 Å². The smallest absolute Gasteiger partial charge is 0.280 e. The maximum absolute atomic E-state index is 13.3. The fraction of sp³-hybridized carbons (Fsp3) is 0.0833. The number of hydrogen-bond donors (Lipinski definition) is 2. The molecule has 0 radical (unpaired) electrons. The van der Waals surface area contributed by atoms with Crippen molar-refractivity contribution in [3.8, 4) is 0 Å². The van der Waals surface area contributed by atoms with Gasteiger partial charge in [0.05, 0.1) is 11.4 Å². The van der Waals surface area contributed by atoms with Crippen molar-refractivity contribution in [1.29, 1.82) is 0 Å². The predicted molar refractivity (Wildman–Crippen MR) is 133 cm³/mol. The lowest BCUT2D eigenvalue weighted by Crippen LogP contribution is -2.48. The van der Waals surface area contributed by atoms with Crippen LogP contribution in [0.3, 0.4) is 0 Å². The summed E-state index contributed by atoms with van der Waals surface area (Å²) in [6, 6.07) is 17.3. The molecule has 0 saturated carbocycles. The summed E-state index contributed by atoms with van der Waals surface area (Å²) >= 11 is 13.9. The summed E-state index contributed by atoms with van der Waals surface area (Å²) in [6.45, 7) is -0.325. The number of pyridine rings is 1. The molecule has 4 rings (SSSR count). The normalized spacial score (nSPS) is 16.5. The highest BCUT2D eigenvalue weighted by atomic mass is 35.5. The molecule has 3 amide bonds. The standard InChI is InChI=1S/C24H18Cl2N4O3S/c25-18-7-3-1-5-16(18)13-20-23(33)30(24(34-20)17-6-2-4-8-19(17)26)29-21(31)14-28-22(32)15-9-11-27-12-10-15/h1-13,24H,14H2,(H,28,32)(H,29,31)/b20-13-. The number of benzene rings is 2. The fourth-order valence-corrected chi connectivity index (χ4v) is 4.92. The highest BCUT2D eigenvalue weighted by Crippen LogP contribution is 2.47. The Kier molecular flexibility index (Phi) is 7.52. The van der Waals surface area contributed by atoms with Gasteiger partial charge in [0.2, 0.25) is 0 Å². The summed E-state index contributed by atoms with van der Waals surface area (Å²) in [5.74, 6) is -1.40. The molecule has 1 aliphatic heterocycles. The summed E-state index contributed by atoms with van der Waals surface area (Å²) in [5, 5.41) is 4.10. The number of carbonyl (C=O) groups is 3. The van der Waals surface area contributed by atoms with Gasteiger partial charge >= 0.3 is 0 Å². The number of nitrogens with one attached hydrogen (secondary N) is 2. The van der Waals surface area contributed by atoms with Crippen molar-refractivity contribution in [2.24, 2.45) is 0 Å². The van der Waals surface area contributed by atoms with E-state index in [1.54, 1.807) is 48.5 Å². The van der Waals surface area contributed by atoms with Crippen LogP contribution in [0.2, 0.25) is 10.0 Å². The second-order valence-corrected chi connectivity index (χ2v) is 9.09. The van der Waals surface area contributed by atoms with Crippen molar-refractivity contribution in [3.05, 3.63) is 105 Å². The van der Waals surface area contributed by atoms with Gasteiger partial charge in [0.25, 0.3) is 17.7 Å². The van der Waals surface area contributed by atoms with Crippen LogP contribution in [0.15, 0.2) is 78.0 Å². The van der Waals surface area contributed by atoms with Gasteiger partial charge in [-0.1, -0.05) is 71.4 Å². The molecule has 0 bridgehead atoms. The maximum Gasteiger partial charge on any atom is 0.280 e. The molecule has 1 fully saturated rings. The summed E-state index contributed by atoms with van der Waals surface area (Å²) < 4.78 is 0. The lowest BCUT2D eigenvalue weighted by molar-refractivity contribution is -0.137. The van der Waals surface area contributed by atoms with Gasteiger partial charge < -0.3 is 5.32 Å². The Labute approximate surface area is 210 Å². The van der Waals surface area contributed by atoms with E-state index in [4.69, 9.17) is 23.2 Å². The first-order valence-corrected chi connectivity index (χ1v) is 11.8. The Bertz CT molecular complexity index is 1270. The van der Waals surface area contributed by atoms with Crippen molar-refractivity contribution >= 4 is 58.8 Å². The summed E-state index contributed by atoms with van der Waals surface area (Å²) in [7, 11) is 0. The van der Waals surface area contributed by atoms with Gasteiger partial charge in [0, 0.05) is 33.6 Å². The molecule has 7 nitrogen and oxygen atoms in total. The van der Waals surface area contributed by atoms with Crippen LogP contribution in [0.4, 0.5) is 0 Å². The molecule has 1 saturated heterocycles. The Morgan fingerprint density at radius 1 is 1.00 bits per heavy atom. The quantitative estimate of drug-likeness (QED) is 0.475. The number of hydrazine groups is 1. The van der Waals surface area contributed by atoms with Crippen LogP contribution in [0.5, 0.6) is 0 Å². The van der Waals surface area contributed by atoms with Crippen LogP contribution in [-0.4, -0.2) is 34.3 Å². The Morgan fingerprint density at radius 2 is 1.68 bits per heavy atom. The number of amides is 3. The van der Waals surface area contributed by atoms with E-state index >= 15 is 0 Å². The van der Waals surface area contributed by atoms with Crippen LogP contribution in [0.25, 0.3) is 6.08 Å². The molecule has 0 spiro atoms. The number of hydrogen-bond acceptors (Lipinski definition) is 5. The molecule has 1 aromatic heterocycles. The van der Waals surface area contributed by atoms with Gasteiger partial charge in [-0.2, -0.15) is 0 Å². The van der Waals surface area contributed by atoms with Gasteiger partial charge in [-0.15, -0.1) is 0 Å². The van der Waals surface area contributed by atoms with E-state index in [0.717, 1.165) is 0 Å². The average Bonchev–Trinajstić information content (AvgIpc) is 3.14. The van der Waals surface area contributed by atoms with Gasteiger partial charge in [0.1, 0.15) is 5.37 Å². The maximum atomic E-state index is 13.3. The molecule has 1 aliphatic rings. The molecule has 1 atom stereocenters. The Hall–Kier alpha value is -3.33. The van der Waals surface area contributed by atoms with E-state index < -0.39 is 23.1 Å². The minimum absolute atomic E-state index is 0.325. The second kappa shape index (κ2) is 10.7. The highest BCUT2D eigenvalue weighted by Gasteiger charge is 2.39. The van der Waals surface area contributed by atoms with Crippen molar-refractivity contribution in [1.82, 2.24) is 20.7 Å². The molecule has 3 aromatic rings. The third-order valence-corrected chi connectivity index (χ3v) is 6.79. The van der Waals surface area contributed by atoms with E-state index in [9.17, 15) is 14.4 Å². The van der Waals surface area contributed by atoms with Crippen LogP contribution in [0.1, 0.15) is 26.9 Å². The van der Waals surface area contributed by atoms with Crippen LogP contribution < -0.4 is 10.7 Å². The molecular weight excluding hydrogens is 495 g/mol. The second-order valence-electron chi connectivity index (χ2n) is 7.15. The Balaban J connectivity index is 1.54. The minimum Gasteiger partial charge on any atom is -0.343 e. The largest absolute Gasteiger partial charge is 0.343 e. The molecule has 0 aliphatic carbocycles. The first-order chi connectivity index (χ1) is 16.4. The zero-order valence-corrected chi connectivity index (χ0v) is 19.9. The molecule has 172 valence electrons. The number of halogens is 2. The number of nitrogens with zero attached hydrogens (tertiary/aromatic N) is 2. The van der Waals surface area contributed by atoms with Crippen LogP contribution in [-0.2, 0) is 9.59 Å². The van der Waals surface area contributed by atoms with Crippen molar-refractivity contribution < 1.29 is 14.4 Å². The SMILES string of the molecule is O=C(CNC(=O)c1ccncc1)NN1C(=O)/C(=C/c2ccccc2Cl)SC1c1ccccc1Cl. The lowest BCUT2D eigenvalue weighted by atomic mass is 10.2. The number of thioether (sulfide) groups is 1. The predicted octanol–water partition coefficient (Wildman–Crippen LogP) is 4.46. The van der Waals surface area contributed by atoms with Crippen LogP contribution in [0, 0.1) is 0 Å². The van der Waals surface area contributed by atoms with Gasteiger partial charge in [-0.05, 0) is 35.9 Å². The minimum atomic E-state index is -0.602. The number of rotatable bonds is 6. The van der Waals surface area contributed by atoms with Gasteiger partial charge in [-0.25, -0.2) is 5.01 Å². The molecule has 10 heteroatoms. The van der Waals surface area contributed by atoms with Crippen molar-refractivity contribution in [3.63, 3.8) is 0 Å². The van der Waals surface area contributed by atoms with E-state index in [-0.39, 0.29) is 6.54 Å². The molecular formula is C24H18Cl2N4O3S. The third kappa shape index (κ3) is 5.41. The molecule has 1 unspecified atom stereocenters. The van der Waals surface area contributed by atoms with E-state index in [1.165, 1.54) is 41.3 Å². The van der Waals surface area contributed by atoms with Crippen LogP contribution >= 0.6 is 35.0 Å². The van der Waals surface area contributed by atoms with E-state index in [0.29, 0.717) is 31.6 Å². The van der Waals surface area contributed by atoms with Gasteiger partial charge in [-0.3, -0.25) is 24.8 Å². The average molecular weight is 513 g/mol. The third-order valence-electron chi connectivity index (χ3n) is 4.86. The molecule has 34 heavy (non-hydrogen) atoms. The lowest BCUT2D eigenvalue weighted by Gasteiger charge is -2.24. The topological polar surface area (TPSA) is 91.4 Å². The molecule has 2 aromatic carbocycles. The highest BCUT2D eigenvalue weighted by molar-refractivity contribution is 8.04. The number of aromatic nitrogens is 1. The van der Waals surface area contributed by atoms with Gasteiger partial charge in [0.15, 0.2) is 0 Å². The summed E-state index contributed by atoms with van der Waals surface area (Å²) in [4.78, 5) is 42.4. The Morgan fingerprint density at radius 3 is 2.38 bits per heavy atom. The van der Waals surface area contributed by atoms with Crippen molar-refractivity contribution in [2.75, 3.05) is 6.54 Å². The summed E-state index contributed by atoms with van der Waals surface area (Å²) in [5.41, 5.74) is 4.31. The zero-order chi connectivity index (χ0) is 24.1.